The lowest BCUT2D eigenvalue weighted by Gasteiger charge is -2.08. The summed E-state index contributed by atoms with van der Waals surface area (Å²) >= 11 is 0. The van der Waals surface area contributed by atoms with Crippen LogP contribution in [0.5, 0.6) is 0 Å². The second kappa shape index (κ2) is 4.78. The molecule has 88 valence electrons. The lowest BCUT2D eigenvalue weighted by atomic mass is 10.2. The highest BCUT2D eigenvalue weighted by molar-refractivity contribution is 5.46. The van der Waals surface area contributed by atoms with E-state index < -0.39 is 0 Å². The summed E-state index contributed by atoms with van der Waals surface area (Å²) in [7, 11) is 0. The van der Waals surface area contributed by atoms with E-state index in [9.17, 15) is 4.39 Å². The van der Waals surface area contributed by atoms with Crippen molar-refractivity contribution in [1.82, 2.24) is 9.97 Å². The maximum Gasteiger partial charge on any atom is 0.132 e. The first-order valence-electron chi connectivity index (χ1n) is 5.22. The first-order chi connectivity index (χ1) is 8.15. The summed E-state index contributed by atoms with van der Waals surface area (Å²) in [4.78, 5) is 8.12. The van der Waals surface area contributed by atoms with Gasteiger partial charge in [0.15, 0.2) is 0 Å². The number of aromatic nitrogens is 2. The Morgan fingerprint density at radius 3 is 2.94 bits per heavy atom. The van der Waals surface area contributed by atoms with E-state index in [1.807, 2.05) is 0 Å². The summed E-state index contributed by atoms with van der Waals surface area (Å²) in [5.41, 5.74) is 7.24. The van der Waals surface area contributed by atoms with Crippen LogP contribution in [0, 0.1) is 12.7 Å². The molecular weight excluding hydrogens is 219 g/mol. The molecule has 0 unspecified atom stereocenters. The van der Waals surface area contributed by atoms with Crippen molar-refractivity contribution in [3.8, 4) is 0 Å². The third-order valence-corrected chi connectivity index (χ3v) is 2.33. The number of halogens is 1. The highest BCUT2D eigenvalue weighted by atomic mass is 19.1. The van der Waals surface area contributed by atoms with Gasteiger partial charge in [0.1, 0.15) is 17.5 Å². The first kappa shape index (κ1) is 11.3. The number of hydrogen-bond acceptors (Lipinski definition) is 4. The third kappa shape index (κ3) is 2.90. The van der Waals surface area contributed by atoms with Crippen LogP contribution in [-0.4, -0.2) is 9.97 Å². The van der Waals surface area contributed by atoms with Crippen LogP contribution in [0.25, 0.3) is 0 Å². The monoisotopic (exact) mass is 232 g/mol. The predicted octanol–water partition coefficient (Wildman–Crippen LogP) is 2.12. The van der Waals surface area contributed by atoms with E-state index >= 15 is 0 Å². The minimum Gasteiger partial charge on any atom is -0.383 e. The topological polar surface area (TPSA) is 63.8 Å². The number of anilines is 2. The van der Waals surface area contributed by atoms with Gasteiger partial charge in [-0.3, -0.25) is 0 Å². The fraction of sp³-hybridized carbons (Fsp3) is 0.167. The summed E-state index contributed by atoms with van der Waals surface area (Å²) in [6, 6.07) is 6.25. The zero-order valence-electron chi connectivity index (χ0n) is 9.44. The van der Waals surface area contributed by atoms with Crippen molar-refractivity contribution in [2.75, 3.05) is 11.1 Å². The molecule has 0 bridgehead atoms. The van der Waals surface area contributed by atoms with Crippen LogP contribution in [0.2, 0.25) is 0 Å². The maximum atomic E-state index is 12.9. The van der Waals surface area contributed by atoms with E-state index in [4.69, 9.17) is 5.73 Å². The highest BCUT2D eigenvalue weighted by Crippen LogP contribution is 2.13. The molecule has 17 heavy (non-hydrogen) atoms. The Morgan fingerprint density at radius 2 is 2.24 bits per heavy atom. The molecule has 0 saturated heterocycles. The van der Waals surface area contributed by atoms with Crippen LogP contribution in [-0.2, 0) is 6.54 Å². The molecule has 0 aliphatic rings. The second-order valence-electron chi connectivity index (χ2n) is 3.69. The molecule has 4 nitrogen and oxygen atoms in total. The summed E-state index contributed by atoms with van der Waals surface area (Å²) in [6.45, 7) is 2.25. The van der Waals surface area contributed by atoms with Gasteiger partial charge >= 0.3 is 0 Å². The van der Waals surface area contributed by atoms with E-state index in [0.717, 1.165) is 5.56 Å². The molecule has 1 heterocycles. The van der Waals surface area contributed by atoms with Crippen LogP contribution in [0.15, 0.2) is 30.5 Å². The van der Waals surface area contributed by atoms with Gasteiger partial charge in [-0.2, -0.15) is 0 Å². The molecule has 0 fully saturated rings. The van der Waals surface area contributed by atoms with Crippen molar-refractivity contribution in [1.29, 1.82) is 0 Å². The Hall–Kier alpha value is -2.17. The number of nitrogens with two attached hydrogens (primary N) is 1. The molecule has 0 amide bonds. The van der Waals surface area contributed by atoms with Crippen LogP contribution in [0.1, 0.15) is 11.4 Å². The van der Waals surface area contributed by atoms with E-state index in [1.165, 1.54) is 12.1 Å². The van der Waals surface area contributed by atoms with Gasteiger partial charge in [0.05, 0.1) is 0 Å². The maximum absolute atomic E-state index is 12.9. The van der Waals surface area contributed by atoms with Crippen molar-refractivity contribution >= 4 is 11.5 Å². The normalized spacial score (nSPS) is 10.2. The first-order valence-corrected chi connectivity index (χ1v) is 5.22. The fourth-order valence-electron chi connectivity index (χ4n) is 1.44. The highest BCUT2D eigenvalue weighted by Gasteiger charge is 2.02. The predicted molar refractivity (Wildman–Crippen MR) is 64.9 cm³/mol. The number of aryl methyl sites for hydroxylation is 1. The third-order valence-electron chi connectivity index (χ3n) is 2.33. The van der Waals surface area contributed by atoms with Crippen LogP contribution >= 0.6 is 0 Å². The van der Waals surface area contributed by atoms with Gasteiger partial charge in [0, 0.05) is 24.0 Å². The summed E-state index contributed by atoms with van der Waals surface area (Å²) in [5, 5.41) is 3.06. The van der Waals surface area contributed by atoms with E-state index in [1.54, 1.807) is 25.3 Å². The molecule has 0 aliphatic carbocycles. The summed E-state index contributed by atoms with van der Waals surface area (Å²) in [5.74, 6) is 0.807. The molecular formula is C12H13FN4. The summed E-state index contributed by atoms with van der Waals surface area (Å²) < 4.78 is 12.9. The average molecular weight is 232 g/mol. The number of nitrogens with zero attached hydrogens (tertiary/aromatic N) is 2. The van der Waals surface area contributed by atoms with Gasteiger partial charge in [-0.05, 0) is 25.1 Å². The SMILES string of the molecule is Cc1ncc(CNc2cccc(F)c2)c(N)n1. The lowest BCUT2D eigenvalue weighted by Crippen LogP contribution is -2.06. The number of nitrogens with one attached hydrogen (secondary N) is 1. The number of benzene rings is 1. The van der Waals surface area contributed by atoms with Crippen LogP contribution in [0.3, 0.4) is 0 Å². The van der Waals surface area contributed by atoms with Gasteiger partial charge in [-0.1, -0.05) is 6.07 Å². The van der Waals surface area contributed by atoms with Gasteiger partial charge < -0.3 is 11.1 Å². The fourth-order valence-corrected chi connectivity index (χ4v) is 1.44. The Labute approximate surface area is 98.7 Å². The van der Waals surface area contributed by atoms with Crippen molar-refractivity contribution in [2.45, 2.75) is 13.5 Å². The van der Waals surface area contributed by atoms with Gasteiger partial charge in [0.2, 0.25) is 0 Å². The Bertz CT molecular complexity index is 528. The second-order valence-corrected chi connectivity index (χ2v) is 3.69. The van der Waals surface area contributed by atoms with Crippen molar-refractivity contribution in [2.24, 2.45) is 0 Å². The molecule has 0 spiro atoms. The van der Waals surface area contributed by atoms with Crippen LogP contribution < -0.4 is 11.1 Å². The minimum atomic E-state index is -0.275. The molecule has 0 saturated carbocycles. The van der Waals surface area contributed by atoms with E-state index in [-0.39, 0.29) is 5.82 Å². The minimum absolute atomic E-state index is 0.275. The molecule has 0 radical (unpaired) electrons. The molecule has 0 atom stereocenters. The van der Waals surface area contributed by atoms with Gasteiger partial charge in [0.25, 0.3) is 0 Å². The zero-order valence-corrected chi connectivity index (χ0v) is 9.44. The Balaban J connectivity index is 2.07. The molecule has 1 aromatic carbocycles. The van der Waals surface area contributed by atoms with Gasteiger partial charge in [-0.15, -0.1) is 0 Å². The number of nitrogen functional groups attached to an aromatic ring is 1. The van der Waals surface area contributed by atoms with Crippen LogP contribution in [0.4, 0.5) is 15.9 Å². The number of hydrogen-bond donors (Lipinski definition) is 2. The molecule has 3 N–H and O–H groups in total. The molecule has 2 aromatic rings. The largest absolute Gasteiger partial charge is 0.383 e. The van der Waals surface area contributed by atoms with E-state index in [0.29, 0.717) is 23.9 Å². The quantitative estimate of drug-likeness (QED) is 0.850. The Kier molecular flexibility index (Phi) is 3.18. The standard InChI is InChI=1S/C12H13FN4/c1-8-15-6-9(12(14)17-8)7-16-11-4-2-3-10(13)5-11/h2-6,16H,7H2,1H3,(H2,14,15,17). The van der Waals surface area contributed by atoms with Crippen molar-refractivity contribution in [3.63, 3.8) is 0 Å². The Morgan fingerprint density at radius 1 is 1.41 bits per heavy atom. The van der Waals surface area contributed by atoms with Crippen molar-refractivity contribution in [3.05, 3.63) is 47.7 Å². The molecule has 0 aliphatic heterocycles. The van der Waals surface area contributed by atoms with Gasteiger partial charge in [-0.25, -0.2) is 14.4 Å². The molecule has 5 heteroatoms. The number of rotatable bonds is 3. The molecule has 2 rings (SSSR count). The van der Waals surface area contributed by atoms with E-state index in [2.05, 4.69) is 15.3 Å². The van der Waals surface area contributed by atoms with Crippen molar-refractivity contribution < 1.29 is 4.39 Å². The molecule has 1 aromatic heterocycles. The summed E-state index contributed by atoms with van der Waals surface area (Å²) in [6.07, 6.45) is 1.67. The zero-order chi connectivity index (χ0) is 12.3. The smallest absolute Gasteiger partial charge is 0.132 e. The average Bonchev–Trinajstić information content (AvgIpc) is 2.28. The lowest BCUT2D eigenvalue weighted by molar-refractivity contribution is 0.628.